The van der Waals surface area contributed by atoms with E-state index in [0.29, 0.717) is 17.0 Å². The predicted molar refractivity (Wildman–Crippen MR) is 162 cm³/mol. The third-order valence-electron chi connectivity index (χ3n) is 6.83. The van der Waals surface area contributed by atoms with Crippen LogP contribution in [0.3, 0.4) is 0 Å². The molecule has 0 spiro atoms. The second-order valence-electron chi connectivity index (χ2n) is 10.3. The van der Waals surface area contributed by atoms with Crippen LogP contribution in [0.1, 0.15) is 60.2 Å². The molecule has 4 rings (SSSR count). The van der Waals surface area contributed by atoms with Crippen LogP contribution in [0.2, 0.25) is 5.02 Å². The molecular formula is C32H31ClO11S. The fourth-order valence-corrected chi connectivity index (χ4v) is 6.22. The summed E-state index contributed by atoms with van der Waals surface area (Å²) in [5.74, 6) is -3.73. The summed E-state index contributed by atoms with van der Waals surface area (Å²) in [6.45, 7) is 4.38. The molecule has 1 aliphatic rings. The lowest BCUT2D eigenvalue weighted by Gasteiger charge is -2.44. The zero-order valence-corrected chi connectivity index (χ0v) is 26.4. The van der Waals surface area contributed by atoms with Gasteiger partial charge in [0, 0.05) is 48.9 Å². The number of carboxylic acid groups (broad SMARTS) is 1. The summed E-state index contributed by atoms with van der Waals surface area (Å²) in [6.07, 6.45) is -5.47. The number of carbonyl (C=O) groups is 5. The van der Waals surface area contributed by atoms with Crippen molar-refractivity contribution in [1.29, 1.82) is 0 Å². The Morgan fingerprint density at radius 1 is 0.800 bits per heavy atom. The molecule has 0 bridgehead atoms. The normalized spacial score (nSPS) is 21.0. The van der Waals surface area contributed by atoms with Gasteiger partial charge in [0.25, 0.3) is 0 Å². The Morgan fingerprint density at radius 2 is 1.42 bits per heavy atom. The highest BCUT2D eigenvalue weighted by Crippen LogP contribution is 2.39. The van der Waals surface area contributed by atoms with Gasteiger partial charge in [-0.1, -0.05) is 35.9 Å². The highest BCUT2D eigenvalue weighted by atomic mass is 35.5. The fourth-order valence-electron chi connectivity index (χ4n) is 5.00. The molecule has 1 N–H and O–H groups in total. The topological polar surface area (TPSA) is 152 Å². The molecule has 1 saturated heterocycles. The monoisotopic (exact) mass is 658 g/mol. The number of esters is 4. The Hall–Kier alpha value is -4.26. The first-order chi connectivity index (χ1) is 21.3. The van der Waals surface area contributed by atoms with Gasteiger partial charge in [0.2, 0.25) is 0 Å². The lowest BCUT2D eigenvalue weighted by molar-refractivity contribution is -0.254. The van der Waals surface area contributed by atoms with Crippen LogP contribution in [-0.2, 0) is 49.3 Å². The maximum absolute atomic E-state index is 12.2. The standard InChI is InChI=1S/C32H31ClO11S/c1-16(34)40-15-26-29(41-17(2)35)31(43-19(4)37)30(42-18(3)36)28(44-26)22-9-11-25(33)23(13-22)14-24-10-12-27(45-24)20-5-7-21(8-6-20)32(38)39/h5-13,26,28-31H,14-15H2,1-4H3,(H,38,39)/t26-,28+,29-,30+,31+/m1/s1. The first kappa shape index (κ1) is 33.6. The van der Waals surface area contributed by atoms with Gasteiger partial charge < -0.3 is 28.8 Å². The Balaban J connectivity index is 1.68. The molecule has 45 heavy (non-hydrogen) atoms. The van der Waals surface area contributed by atoms with Crippen LogP contribution in [0.4, 0.5) is 0 Å². The lowest BCUT2D eigenvalue weighted by atomic mass is 9.89. The van der Waals surface area contributed by atoms with Gasteiger partial charge in [0.15, 0.2) is 18.3 Å². The van der Waals surface area contributed by atoms with Crippen molar-refractivity contribution in [3.05, 3.63) is 81.2 Å². The molecule has 0 saturated carbocycles. The minimum atomic E-state index is -1.29. The summed E-state index contributed by atoms with van der Waals surface area (Å²) in [4.78, 5) is 61.2. The average molecular weight is 659 g/mol. The van der Waals surface area contributed by atoms with E-state index in [9.17, 15) is 29.1 Å². The number of rotatable bonds is 10. The number of carboxylic acids is 1. The van der Waals surface area contributed by atoms with Crippen molar-refractivity contribution in [2.75, 3.05) is 6.61 Å². The molecular weight excluding hydrogens is 628 g/mol. The van der Waals surface area contributed by atoms with Crippen LogP contribution in [0.15, 0.2) is 54.6 Å². The van der Waals surface area contributed by atoms with Crippen LogP contribution in [0.5, 0.6) is 0 Å². The Morgan fingerprint density at radius 3 is 2.02 bits per heavy atom. The molecule has 2 heterocycles. The summed E-state index contributed by atoms with van der Waals surface area (Å²) in [5.41, 5.74) is 2.31. The minimum Gasteiger partial charge on any atom is -0.478 e. The number of carbonyl (C=O) groups excluding carboxylic acids is 4. The third-order valence-corrected chi connectivity index (χ3v) is 8.33. The Labute approximate surface area is 267 Å². The number of aromatic carboxylic acids is 1. The molecule has 1 aliphatic heterocycles. The maximum Gasteiger partial charge on any atom is 0.335 e. The molecule has 238 valence electrons. The van der Waals surface area contributed by atoms with Gasteiger partial charge in [-0.25, -0.2) is 4.79 Å². The molecule has 11 nitrogen and oxygen atoms in total. The van der Waals surface area contributed by atoms with Gasteiger partial charge in [-0.3, -0.25) is 19.2 Å². The minimum absolute atomic E-state index is 0.196. The Bertz CT molecular complexity index is 1580. The number of benzene rings is 2. The van der Waals surface area contributed by atoms with E-state index in [-0.39, 0.29) is 12.2 Å². The molecule has 13 heteroatoms. The van der Waals surface area contributed by atoms with Gasteiger partial charge in [-0.15, -0.1) is 11.3 Å². The van der Waals surface area contributed by atoms with E-state index in [1.54, 1.807) is 42.5 Å². The van der Waals surface area contributed by atoms with Crippen molar-refractivity contribution in [3.63, 3.8) is 0 Å². The van der Waals surface area contributed by atoms with Crippen LogP contribution < -0.4 is 0 Å². The smallest absolute Gasteiger partial charge is 0.335 e. The number of hydrogen-bond donors (Lipinski definition) is 1. The number of halogens is 1. The van der Waals surface area contributed by atoms with Crippen LogP contribution in [0.25, 0.3) is 10.4 Å². The quantitative estimate of drug-likeness (QED) is 0.227. The zero-order chi connectivity index (χ0) is 32.8. The Kier molecular flexibility index (Phi) is 11.0. The first-order valence-electron chi connectivity index (χ1n) is 13.8. The molecule has 0 aliphatic carbocycles. The van der Waals surface area contributed by atoms with Gasteiger partial charge in [-0.2, -0.15) is 0 Å². The van der Waals surface area contributed by atoms with E-state index in [1.807, 2.05) is 12.1 Å². The van der Waals surface area contributed by atoms with Crippen molar-refractivity contribution < 1.29 is 52.8 Å². The number of hydrogen-bond acceptors (Lipinski definition) is 11. The molecule has 0 amide bonds. The first-order valence-corrected chi connectivity index (χ1v) is 15.0. The van der Waals surface area contributed by atoms with E-state index in [2.05, 4.69) is 0 Å². The van der Waals surface area contributed by atoms with Crippen molar-refractivity contribution in [2.45, 2.75) is 64.6 Å². The van der Waals surface area contributed by atoms with Crippen LogP contribution in [-0.4, -0.2) is 66.0 Å². The molecule has 3 aromatic rings. The van der Waals surface area contributed by atoms with Gasteiger partial charge in [0.05, 0.1) is 5.56 Å². The van der Waals surface area contributed by atoms with Gasteiger partial charge in [0.1, 0.15) is 18.8 Å². The van der Waals surface area contributed by atoms with E-state index < -0.39 is 60.4 Å². The van der Waals surface area contributed by atoms with Crippen molar-refractivity contribution in [1.82, 2.24) is 0 Å². The number of ether oxygens (including phenoxy) is 5. The maximum atomic E-state index is 12.2. The molecule has 1 aromatic heterocycles. The number of thiophene rings is 1. The SMILES string of the molecule is CC(=O)OC[C@H]1O[C@@H](c2ccc(Cl)c(Cc3ccc(-c4ccc(C(=O)O)cc4)s3)c2)[C@H](OC(C)=O)[C@@H](OC(C)=O)[C@@H]1OC(C)=O. The van der Waals surface area contributed by atoms with Crippen LogP contribution in [0, 0.1) is 0 Å². The van der Waals surface area contributed by atoms with Gasteiger partial charge >= 0.3 is 29.8 Å². The highest BCUT2D eigenvalue weighted by Gasteiger charge is 2.52. The third kappa shape index (κ3) is 8.68. The molecule has 0 unspecified atom stereocenters. The fraction of sp³-hybridized carbons (Fsp3) is 0.344. The summed E-state index contributed by atoms with van der Waals surface area (Å²) >= 11 is 8.12. The summed E-state index contributed by atoms with van der Waals surface area (Å²) in [5, 5.41) is 9.64. The highest BCUT2D eigenvalue weighted by molar-refractivity contribution is 7.15. The summed E-state index contributed by atoms with van der Waals surface area (Å²) in [6, 6.07) is 15.6. The van der Waals surface area contributed by atoms with E-state index in [1.165, 1.54) is 25.2 Å². The van der Waals surface area contributed by atoms with Crippen molar-refractivity contribution >= 4 is 52.8 Å². The molecule has 1 fully saturated rings. The lowest BCUT2D eigenvalue weighted by Crippen LogP contribution is -2.59. The van der Waals surface area contributed by atoms with E-state index in [0.717, 1.165) is 34.7 Å². The molecule has 5 atom stereocenters. The zero-order valence-electron chi connectivity index (χ0n) is 24.8. The summed E-state index contributed by atoms with van der Waals surface area (Å²) < 4.78 is 28.1. The largest absolute Gasteiger partial charge is 0.478 e. The second kappa shape index (κ2) is 14.7. The van der Waals surface area contributed by atoms with Gasteiger partial charge in [-0.05, 0) is 47.0 Å². The predicted octanol–water partition coefficient (Wildman–Crippen LogP) is 5.16. The summed E-state index contributed by atoms with van der Waals surface area (Å²) in [7, 11) is 0. The van der Waals surface area contributed by atoms with E-state index >= 15 is 0 Å². The molecule has 0 radical (unpaired) electrons. The van der Waals surface area contributed by atoms with Crippen molar-refractivity contribution in [2.24, 2.45) is 0 Å². The van der Waals surface area contributed by atoms with Crippen molar-refractivity contribution in [3.8, 4) is 10.4 Å². The van der Waals surface area contributed by atoms with E-state index in [4.69, 9.17) is 35.3 Å². The second-order valence-corrected chi connectivity index (χ2v) is 11.9. The van der Waals surface area contributed by atoms with Crippen LogP contribution >= 0.6 is 22.9 Å². The average Bonchev–Trinajstić information content (AvgIpc) is 3.43. The molecule has 2 aromatic carbocycles.